The molecule has 1 aromatic heterocycles. The van der Waals surface area contributed by atoms with Crippen LogP contribution in [-0.4, -0.2) is 27.4 Å². The van der Waals surface area contributed by atoms with E-state index in [0.717, 1.165) is 5.69 Å². The van der Waals surface area contributed by atoms with Crippen molar-refractivity contribution in [1.82, 2.24) is 10.2 Å². The lowest BCUT2D eigenvalue weighted by molar-refractivity contribution is -0.117. The molecule has 1 aliphatic heterocycles. The van der Waals surface area contributed by atoms with Crippen molar-refractivity contribution in [3.63, 3.8) is 0 Å². The van der Waals surface area contributed by atoms with Crippen molar-refractivity contribution in [2.24, 2.45) is 0 Å². The van der Waals surface area contributed by atoms with Crippen LogP contribution in [-0.2, 0) is 10.2 Å². The third-order valence-electron chi connectivity index (χ3n) is 2.80. The number of amides is 1. The summed E-state index contributed by atoms with van der Waals surface area (Å²) < 4.78 is 0. The highest BCUT2D eigenvalue weighted by Crippen LogP contribution is 2.28. The Bertz CT molecular complexity index is 406. The summed E-state index contributed by atoms with van der Waals surface area (Å²) in [7, 11) is 0. The average Bonchev–Trinajstić information content (AvgIpc) is 2.72. The van der Waals surface area contributed by atoms with Crippen LogP contribution < -0.4 is 4.90 Å². The maximum Gasteiger partial charge on any atom is 0.230 e. The lowest BCUT2D eigenvalue weighted by Gasteiger charge is -2.17. The number of aromatic nitrogens is 2. The maximum atomic E-state index is 11.6. The number of aromatic amines is 1. The van der Waals surface area contributed by atoms with Gasteiger partial charge in [0.05, 0.1) is 0 Å². The first-order valence-electron chi connectivity index (χ1n) is 5.45. The molecule has 0 radical (unpaired) electrons. The number of carbonyl (C=O) groups excluding carboxylic acids is 1. The minimum Gasteiger partial charge on any atom is -0.373 e. The molecule has 0 spiro atoms. The van der Waals surface area contributed by atoms with Crippen molar-refractivity contribution in [2.45, 2.75) is 45.3 Å². The summed E-state index contributed by atoms with van der Waals surface area (Å²) in [6.45, 7) is 6.19. The molecule has 1 aromatic rings. The summed E-state index contributed by atoms with van der Waals surface area (Å²) in [4.78, 5) is 12.9. The third-order valence-corrected chi connectivity index (χ3v) is 2.80. The van der Waals surface area contributed by atoms with E-state index in [-0.39, 0.29) is 11.3 Å². The molecule has 0 aromatic carbocycles. The first kappa shape index (κ1) is 11.1. The fraction of sp³-hybridized carbons (Fsp3) is 0.636. The molecule has 88 valence electrons. The van der Waals surface area contributed by atoms with Gasteiger partial charge in [-0.25, -0.2) is 0 Å². The summed E-state index contributed by atoms with van der Waals surface area (Å²) >= 11 is 0. The van der Waals surface area contributed by atoms with Crippen LogP contribution in [0.2, 0.25) is 0 Å². The van der Waals surface area contributed by atoms with Gasteiger partial charge in [-0.05, 0) is 0 Å². The number of nitrogens with one attached hydrogen (secondary N) is 1. The van der Waals surface area contributed by atoms with Gasteiger partial charge in [0.2, 0.25) is 5.91 Å². The second-order valence-electron chi connectivity index (χ2n) is 5.17. The maximum absolute atomic E-state index is 11.6. The van der Waals surface area contributed by atoms with Crippen LogP contribution in [0.1, 0.15) is 39.3 Å². The number of hydrogen-bond acceptors (Lipinski definition) is 3. The highest BCUT2D eigenvalue weighted by molar-refractivity contribution is 5.94. The number of nitrogens with zero attached hydrogens (tertiary/aromatic N) is 2. The van der Waals surface area contributed by atoms with Crippen LogP contribution in [0.25, 0.3) is 0 Å². The summed E-state index contributed by atoms with van der Waals surface area (Å²) in [6, 6.07) is 1.83. The summed E-state index contributed by atoms with van der Waals surface area (Å²) in [5.41, 5.74) is 0.910. The molecule has 1 aliphatic rings. The minimum absolute atomic E-state index is 0.0427. The molecular weight excluding hydrogens is 206 g/mol. The van der Waals surface area contributed by atoms with E-state index >= 15 is 0 Å². The molecule has 2 rings (SSSR count). The van der Waals surface area contributed by atoms with Crippen LogP contribution in [0, 0.1) is 0 Å². The van der Waals surface area contributed by atoms with Crippen molar-refractivity contribution in [1.29, 1.82) is 0 Å². The Hall–Kier alpha value is -1.36. The molecule has 0 aliphatic carbocycles. The fourth-order valence-electron chi connectivity index (χ4n) is 1.77. The molecule has 5 nitrogen and oxygen atoms in total. The molecule has 1 fully saturated rings. The summed E-state index contributed by atoms with van der Waals surface area (Å²) in [5, 5.41) is 16.7. The number of carbonyl (C=O) groups is 1. The van der Waals surface area contributed by atoms with E-state index in [4.69, 9.17) is 0 Å². The molecule has 16 heavy (non-hydrogen) atoms. The zero-order chi connectivity index (χ0) is 11.9. The van der Waals surface area contributed by atoms with E-state index in [2.05, 4.69) is 31.0 Å². The number of aliphatic hydroxyl groups excluding tert-OH is 1. The van der Waals surface area contributed by atoms with Crippen LogP contribution in [0.15, 0.2) is 6.07 Å². The van der Waals surface area contributed by atoms with E-state index in [1.54, 1.807) is 0 Å². The topological polar surface area (TPSA) is 69.2 Å². The molecule has 0 bridgehead atoms. The number of rotatable bonds is 1. The van der Waals surface area contributed by atoms with Crippen LogP contribution in [0.4, 0.5) is 5.82 Å². The first-order chi connectivity index (χ1) is 7.39. The van der Waals surface area contributed by atoms with Gasteiger partial charge in [-0.15, -0.1) is 0 Å². The van der Waals surface area contributed by atoms with E-state index in [1.165, 1.54) is 4.90 Å². The molecule has 2 N–H and O–H groups in total. The average molecular weight is 223 g/mol. The predicted octanol–water partition coefficient (Wildman–Crippen LogP) is 1.15. The Morgan fingerprint density at radius 2 is 2.25 bits per heavy atom. The van der Waals surface area contributed by atoms with Crippen molar-refractivity contribution < 1.29 is 9.90 Å². The van der Waals surface area contributed by atoms with Gasteiger partial charge < -0.3 is 5.11 Å². The van der Waals surface area contributed by atoms with Gasteiger partial charge in [0.25, 0.3) is 0 Å². The molecule has 1 atom stereocenters. The van der Waals surface area contributed by atoms with Gasteiger partial charge in [0.1, 0.15) is 6.23 Å². The van der Waals surface area contributed by atoms with Crippen molar-refractivity contribution in [3.8, 4) is 0 Å². The van der Waals surface area contributed by atoms with Crippen molar-refractivity contribution in [3.05, 3.63) is 11.8 Å². The predicted molar refractivity (Wildman–Crippen MR) is 60.0 cm³/mol. The zero-order valence-corrected chi connectivity index (χ0v) is 9.82. The SMILES string of the molecule is CC(C)(C)c1cc(N2C(=O)CCC2O)n[nH]1. The minimum atomic E-state index is -0.733. The number of hydrogen-bond donors (Lipinski definition) is 2. The Kier molecular flexibility index (Phi) is 2.50. The van der Waals surface area contributed by atoms with Crippen LogP contribution in [0.5, 0.6) is 0 Å². The van der Waals surface area contributed by atoms with Gasteiger partial charge in [-0.1, -0.05) is 20.8 Å². The van der Waals surface area contributed by atoms with Gasteiger partial charge in [0.15, 0.2) is 5.82 Å². The Morgan fingerprint density at radius 3 is 2.69 bits per heavy atom. The van der Waals surface area contributed by atoms with E-state index in [9.17, 15) is 9.90 Å². The lowest BCUT2D eigenvalue weighted by Crippen LogP contribution is -2.32. The van der Waals surface area contributed by atoms with Gasteiger partial charge in [0, 0.05) is 30.0 Å². The van der Waals surface area contributed by atoms with Crippen LogP contribution >= 0.6 is 0 Å². The Balaban J connectivity index is 2.28. The molecular formula is C11H17N3O2. The van der Waals surface area contributed by atoms with E-state index in [0.29, 0.717) is 18.7 Å². The van der Waals surface area contributed by atoms with Gasteiger partial charge >= 0.3 is 0 Å². The molecule has 0 saturated carbocycles. The highest BCUT2D eigenvalue weighted by Gasteiger charge is 2.32. The molecule has 5 heteroatoms. The van der Waals surface area contributed by atoms with Gasteiger partial charge in [-0.2, -0.15) is 5.10 Å². The Morgan fingerprint density at radius 1 is 1.56 bits per heavy atom. The molecule has 1 saturated heterocycles. The fourth-order valence-corrected chi connectivity index (χ4v) is 1.77. The second kappa shape index (κ2) is 3.59. The Labute approximate surface area is 94.5 Å². The summed E-state index contributed by atoms with van der Waals surface area (Å²) in [5.74, 6) is 0.444. The van der Waals surface area contributed by atoms with Crippen molar-refractivity contribution in [2.75, 3.05) is 4.90 Å². The highest BCUT2D eigenvalue weighted by atomic mass is 16.3. The standard InChI is InChI=1S/C11H17N3O2/c1-11(2,3)7-6-8(13-12-7)14-9(15)4-5-10(14)16/h6,9,15H,4-5H2,1-3H3,(H,12,13). The lowest BCUT2D eigenvalue weighted by atomic mass is 9.92. The third kappa shape index (κ3) is 1.82. The number of aliphatic hydroxyl groups is 1. The van der Waals surface area contributed by atoms with Crippen molar-refractivity contribution >= 4 is 11.7 Å². The monoisotopic (exact) mass is 223 g/mol. The number of anilines is 1. The number of H-pyrrole nitrogens is 1. The molecule has 1 unspecified atom stereocenters. The van der Waals surface area contributed by atoms with E-state index in [1.807, 2.05) is 6.07 Å². The van der Waals surface area contributed by atoms with Crippen LogP contribution in [0.3, 0.4) is 0 Å². The second-order valence-corrected chi connectivity index (χ2v) is 5.17. The quantitative estimate of drug-likeness (QED) is 0.750. The van der Waals surface area contributed by atoms with E-state index < -0.39 is 6.23 Å². The van der Waals surface area contributed by atoms with Gasteiger partial charge in [-0.3, -0.25) is 14.8 Å². The molecule has 1 amide bonds. The zero-order valence-electron chi connectivity index (χ0n) is 9.82. The largest absolute Gasteiger partial charge is 0.373 e. The summed E-state index contributed by atoms with van der Waals surface area (Å²) in [6.07, 6.45) is 0.138. The smallest absolute Gasteiger partial charge is 0.230 e. The first-order valence-corrected chi connectivity index (χ1v) is 5.45. The normalized spacial score (nSPS) is 21.9. The molecule has 2 heterocycles.